The number of nitrogens with one attached hydrogen (secondary N) is 1. The number of hydrogen-bond donors (Lipinski definition) is 1. The highest BCUT2D eigenvalue weighted by atomic mass is 32.2. The van der Waals surface area contributed by atoms with E-state index in [0.29, 0.717) is 12.4 Å². The van der Waals surface area contributed by atoms with Crippen LogP contribution in [0.5, 0.6) is 0 Å². The van der Waals surface area contributed by atoms with E-state index in [-0.39, 0.29) is 18.0 Å². The van der Waals surface area contributed by atoms with Crippen molar-refractivity contribution in [3.05, 3.63) is 0 Å². The first-order chi connectivity index (χ1) is 6.56. The lowest BCUT2D eigenvalue weighted by molar-refractivity contribution is -0.130. The van der Waals surface area contributed by atoms with Crippen LogP contribution in [0, 0.1) is 0 Å². The molecule has 0 radical (unpaired) electrons. The predicted octanol–water partition coefficient (Wildman–Crippen LogP) is -0.0787. The molecule has 1 heterocycles. The normalized spacial score (nSPS) is 26.6. The van der Waals surface area contributed by atoms with Crippen LogP contribution >= 0.6 is 0 Å². The number of carbonyl (C=O) groups excluding carboxylic acids is 1. The number of carbonyl (C=O) groups is 1. The summed E-state index contributed by atoms with van der Waals surface area (Å²) < 4.78 is 11.0. The molecular weight excluding hydrogens is 200 g/mol. The third-order valence-corrected chi connectivity index (χ3v) is 3.46. The highest BCUT2D eigenvalue weighted by molar-refractivity contribution is 7.84. The molecule has 0 spiro atoms. The molecule has 0 aromatic rings. The monoisotopic (exact) mass is 218 g/mol. The van der Waals surface area contributed by atoms with E-state index >= 15 is 0 Å². The Bertz CT molecular complexity index is 245. The smallest absolute Gasteiger partial charge is 0.241 e. The van der Waals surface area contributed by atoms with Gasteiger partial charge in [0.2, 0.25) is 5.91 Å². The first-order valence-corrected chi connectivity index (χ1v) is 6.62. The van der Waals surface area contributed by atoms with Crippen molar-refractivity contribution < 1.29 is 9.00 Å². The second-order valence-corrected chi connectivity index (χ2v) is 5.20. The summed E-state index contributed by atoms with van der Waals surface area (Å²) in [6.07, 6.45) is 2.49. The van der Waals surface area contributed by atoms with Crippen LogP contribution < -0.4 is 5.32 Å². The number of amides is 1. The molecule has 3 atom stereocenters. The van der Waals surface area contributed by atoms with Gasteiger partial charge in [0.05, 0.1) is 12.7 Å². The zero-order chi connectivity index (χ0) is 10.7. The van der Waals surface area contributed by atoms with Crippen molar-refractivity contribution in [2.45, 2.75) is 32.4 Å². The van der Waals surface area contributed by atoms with Crippen molar-refractivity contribution in [1.29, 1.82) is 0 Å². The SMILES string of the molecule is CCC1NCN(C(C)CS(C)=O)C1=O. The molecule has 0 aromatic heterocycles. The lowest BCUT2D eigenvalue weighted by atomic mass is 10.2. The Labute approximate surface area is 87.5 Å². The molecule has 1 saturated heterocycles. The molecule has 1 N–H and O–H groups in total. The van der Waals surface area contributed by atoms with Gasteiger partial charge >= 0.3 is 0 Å². The minimum Gasteiger partial charge on any atom is -0.325 e. The summed E-state index contributed by atoms with van der Waals surface area (Å²) in [6, 6.07) is 0.0279. The zero-order valence-electron chi connectivity index (χ0n) is 8.95. The fourth-order valence-electron chi connectivity index (χ4n) is 1.70. The van der Waals surface area contributed by atoms with Crippen LogP contribution in [0.2, 0.25) is 0 Å². The van der Waals surface area contributed by atoms with E-state index in [0.717, 1.165) is 6.42 Å². The predicted molar refractivity (Wildman–Crippen MR) is 57.3 cm³/mol. The number of hydrogen-bond acceptors (Lipinski definition) is 3. The average molecular weight is 218 g/mol. The quantitative estimate of drug-likeness (QED) is 0.718. The van der Waals surface area contributed by atoms with Crippen LogP contribution in [0.1, 0.15) is 20.3 Å². The maximum atomic E-state index is 11.7. The minimum absolute atomic E-state index is 0.0391. The van der Waals surface area contributed by atoms with Crippen molar-refractivity contribution in [2.24, 2.45) is 0 Å². The Morgan fingerprint density at radius 2 is 2.36 bits per heavy atom. The van der Waals surface area contributed by atoms with Gasteiger partial charge in [-0.3, -0.25) is 14.3 Å². The summed E-state index contributed by atoms with van der Waals surface area (Å²) in [5.41, 5.74) is 0. The molecule has 1 aliphatic rings. The van der Waals surface area contributed by atoms with Crippen LogP contribution in [0.25, 0.3) is 0 Å². The van der Waals surface area contributed by atoms with Crippen LogP contribution in [0.4, 0.5) is 0 Å². The zero-order valence-corrected chi connectivity index (χ0v) is 9.76. The fourth-order valence-corrected chi connectivity index (χ4v) is 2.55. The average Bonchev–Trinajstić information content (AvgIpc) is 2.45. The standard InChI is InChI=1S/C9H18N2O2S/c1-4-8-9(12)11(6-10-8)7(2)5-14(3)13/h7-8,10H,4-6H2,1-3H3. The summed E-state index contributed by atoms with van der Waals surface area (Å²) in [5.74, 6) is 0.703. The van der Waals surface area contributed by atoms with Gasteiger partial charge in [-0.1, -0.05) is 6.92 Å². The number of nitrogens with zero attached hydrogens (tertiary/aromatic N) is 1. The molecule has 0 bridgehead atoms. The number of rotatable bonds is 4. The molecular formula is C9H18N2O2S. The fraction of sp³-hybridized carbons (Fsp3) is 0.889. The highest BCUT2D eigenvalue weighted by Crippen LogP contribution is 2.10. The Kier molecular flexibility index (Phi) is 4.07. The van der Waals surface area contributed by atoms with Crippen LogP contribution in [-0.2, 0) is 15.6 Å². The molecule has 5 heteroatoms. The van der Waals surface area contributed by atoms with Gasteiger partial charge in [0, 0.05) is 28.9 Å². The van der Waals surface area contributed by atoms with E-state index < -0.39 is 10.8 Å². The van der Waals surface area contributed by atoms with Crippen molar-refractivity contribution in [3.63, 3.8) is 0 Å². The van der Waals surface area contributed by atoms with Gasteiger partial charge in [-0.2, -0.15) is 0 Å². The van der Waals surface area contributed by atoms with Gasteiger partial charge in [-0.15, -0.1) is 0 Å². The summed E-state index contributed by atoms with van der Waals surface area (Å²) in [5, 5.41) is 3.14. The molecule has 14 heavy (non-hydrogen) atoms. The van der Waals surface area contributed by atoms with E-state index in [4.69, 9.17) is 0 Å². The molecule has 1 fully saturated rings. The third kappa shape index (κ3) is 2.54. The van der Waals surface area contributed by atoms with E-state index in [1.807, 2.05) is 13.8 Å². The molecule has 0 aliphatic carbocycles. The molecule has 3 unspecified atom stereocenters. The van der Waals surface area contributed by atoms with E-state index in [1.54, 1.807) is 11.2 Å². The molecule has 0 aromatic carbocycles. The van der Waals surface area contributed by atoms with Crippen molar-refractivity contribution in [1.82, 2.24) is 10.2 Å². The lowest BCUT2D eigenvalue weighted by Gasteiger charge is -2.22. The highest BCUT2D eigenvalue weighted by Gasteiger charge is 2.32. The topological polar surface area (TPSA) is 49.4 Å². The van der Waals surface area contributed by atoms with Crippen LogP contribution in [0.3, 0.4) is 0 Å². The second kappa shape index (κ2) is 4.89. The molecule has 1 aliphatic heterocycles. The van der Waals surface area contributed by atoms with Crippen LogP contribution in [0.15, 0.2) is 0 Å². The van der Waals surface area contributed by atoms with E-state index in [2.05, 4.69) is 5.32 Å². The third-order valence-electron chi connectivity index (χ3n) is 2.51. The van der Waals surface area contributed by atoms with Crippen molar-refractivity contribution in [2.75, 3.05) is 18.7 Å². The van der Waals surface area contributed by atoms with Gasteiger partial charge in [-0.25, -0.2) is 0 Å². The largest absolute Gasteiger partial charge is 0.325 e. The molecule has 82 valence electrons. The van der Waals surface area contributed by atoms with Gasteiger partial charge < -0.3 is 4.90 Å². The van der Waals surface area contributed by atoms with Crippen LogP contribution in [-0.4, -0.2) is 45.8 Å². The summed E-state index contributed by atoms with van der Waals surface area (Å²) in [7, 11) is -0.841. The maximum absolute atomic E-state index is 11.7. The molecule has 1 rings (SSSR count). The minimum atomic E-state index is -0.841. The second-order valence-electron chi connectivity index (χ2n) is 3.72. The Balaban J connectivity index is 2.54. The first kappa shape index (κ1) is 11.7. The van der Waals surface area contributed by atoms with Crippen molar-refractivity contribution >= 4 is 16.7 Å². The van der Waals surface area contributed by atoms with E-state index in [1.165, 1.54) is 0 Å². The van der Waals surface area contributed by atoms with Gasteiger partial charge in [0.25, 0.3) is 0 Å². The Morgan fingerprint density at radius 3 is 2.79 bits per heavy atom. The summed E-state index contributed by atoms with van der Waals surface area (Å²) >= 11 is 0. The summed E-state index contributed by atoms with van der Waals surface area (Å²) in [4.78, 5) is 13.5. The Morgan fingerprint density at radius 1 is 1.71 bits per heavy atom. The van der Waals surface area contributed by atoms with Gasteiger partial charge in [-0.05, 0) is 13.3 Å². The Hall–Kier alpha value is -0.420. The summed E-state index contributed by atoms with van der Waals surface area (Å²) in [6.45, 7) is 4.52. The first-order valence-electron chi connectivity index (χ1n) is 4.90. The van der Waals surface area contributed by atoms with E-state index in [9.17, 15) is 9.00 Å². The molecule has 0 saturated carbocycles. The van der Waals surface area contributed by atoms with Crippen molar-refractivity contribution in [3.8, 4) is 0 Å². The lowest BCUT2D eigenvalue weighted by Crippen LogP contribution is -2.39. The van der Waals surface area contributed by atoms with Gasteiger partial charge in [0.1, 0.15) is 0 Å². The van der Waals surface area contributed by atoms with Gasteiger partial charge in [0.15, 0.2) is 0 Å². The maximum Gasteiger partial charge on any atom is 0.241 e. The molecule has 1 amide bonds. The molecule has 4 nitrogen and oxygen atoms in total.